The Morgan fingerprint density at radius 2 is 2.05 bits per heavy atom. The lowest BCUT2D eigenvalue weighted by Crippen LogP contribution is -2.56. The van der Waals surface area contributed by atoms with E-state index in [9.17, 15) is 0 Å². The number of nitrogens with one attached hydrogen (secondary N) is 1. The van der Waals surface area contributed by atoms with Gasteiger partial charge in [0.2, 0.25) is 5.95 Å². The van der Waals surface area contributed by atoms with Crippen molar-refractivity contribution in [1.29, 1.82) is 0 Å². The van der Waals surface area contributed by atoms with E-state index in [1.165, 1.54) is 19.3 Å². The normalized spacial score (nSPS) is 16.7. The van der Waals surface area contributed by atoms with Gasteiger partial charge in [-0.3, -0.25) is 0 Å². The molecule has 1 aliphatic carbocycles. The Kier molecular flexibility index (Phi) is 5.43. The zero-order valence-corrected chi connectivity index (χ0v) is 15.1. The van der Waals surface area contributed by atoms with Crippen molar-refractivity contribution >= 4 is 27.7 Å². The molecule has 0 aliphatic heterocycles. The number of likely N-dealkylation sites (N-methyl/N-ethyl adjacent to an activating group) is 2. The number of halogens is 1. The summed E-state index contributed by atoms with van der Waals surface area (Å²) in [6.45, 7) is 4.02. The van der Waals surface area contributed by atoms with Crippen LogP contribution in [0, 0.1) is 0 Å². The average Bonchev–Trinajstić information content (AvgIpc) is 2.41. The van der Waals surface area contributed by atoms with Crippen molar-refractivity contribution in [3.05, 3.63) is 10.7 Å². The molecule has 1 saturated carbocycles. The lowest BCUT2D eigenvalue weighted by molar-refractivity contribution is 0.0681. The SMILES string of the molecule is CCCNc1ncc(Br)c(N(C)CC2(N(C)C)CCC2)n1. The van der Waals surface area contributed by atoms with Crippen LogP contribution in [0.5, 0.6) is 0 Å². The summed E-state index contributed by atoms with van der Waals surface area (Å²) in [5.74, 6) is 1.66. The van der Waals surface area contributed by atoms with E-state index in [1.807, 2.05) is 6.20 Å². The van der Waals surface area contributed by atoms with Gasteiger partial charge in [-0.05, 0) is 55.7 Å². The van der Waals surface area contributed by atoms with Crippen LogP contribution in [-0.4, -0.2) is 54.6 Å². The van der Waals surface area contributed by atoms with E-state index in [-0.39, 0.29) is 5.54 Å². The molecule has 1 fully saturated rings. The van der Waals surface area contributed by atoms with Gasteiger partial charge in [0.1, 0.15) is 5.82 Å². The number of hydrogen-bond donors (Lipinski definition) is 1. The van der Waals surface area contributed by atoms with Crippen LogP contribution in [0.4, 0.5) is 11.8 Å². The summed E-state index contributed by atoms with van der Waals surface area (Å²) >= 11 is 3.58. The molecule has 1 aromatic heterocycles. The highest BCUT2D eigenvalue weighted by Gasteiger charge is 2.40. The monoisotopic (exact) mass is 355 g/mol. The van der Waals surface area contributed by atoms with Crippen LogP contribution in [-0.2, 0) is 0 Å². The average molecular weight is 356 g/mol. The Labute approximate surface area is 136 Å². The third-order valence-electron chi connectivity index (χ3n) is 4.38. The van der Waals surface area contributed by atoms with Gasteiger partial charge in [-0.2, -0.15) is 4.98 Å². The van der Waals surface area contributed by atoms with Gasteiger partial charge in [0.15, 0.2) is 0 Å². The molecule has 1 heterocycles. The molecule has 0 spiro atoms. The van der Waals surface area contributed by atoms with Gasteiger partial charge in [-0.25, -0.2) is 4.98 Å². The van der Waals surface area contributed by atoms with E-state index in [2.05, 4.69) is 69.1 Å². The molecule has 0 aromatic carbocycles. The van der Waals surface area contributed by atoms with Crippen molar-refractivity contribution < 1.29 is 0 Å². The first-order valence-corrected chi connectivity index (χ1v) is 8.43. The molecule has 1 aliphatic rings. The molecule has 0 atom stereocenters. The lowest BCUT2D eigenvalue weighted by atomic mass is 9.75. The molecule has 21 heavy (non-hydrogen) atoms. The maximum Gasteiger partial charge on any atom is 0.224 e. The summed E-state index contributed by atoms with van der Waals surface area (Å²) in [5.41, 5.74) is 0.288. The first-order valence-electron chi connectivity index (χ1n) is 7.63. The molecular weight excluding hydrogens is 330 g/mol. The quantitative estimate of drug-likeness (QED) is 0.814. The Morgan fingerprint density at radius 3 is 2.57 bits per heavy atom. The molecule has 1 N–H and O–H groups in total. The molecule has 0 saturated heterocycles. The molecule has 5 nitrogen and oxygen atoms in total. The highest BCUT2D eigenvalue weighted by atomic mass is 79.9. The minimum Gasteiger partial charge on any atom is -0.357 e. The third-order valence-corrected chi connectivity index (χ3v) is 4.94. The first kappa shape index (κ1) is 16.5. The van der Waals surface area contributed by atoms with Crippen LogP contribution >= 0.6 is 15.9 Å². The molecule has 118 valence electrons. The molecule has 2 rings (SSSR count). The van der Waals surface area contributed by atoms with E-state index in [1.54, 1.807) is 0 Å². The summed E-state index contributed by atoms with van der Waals surface area (Å²) < 4.78 is 0.945. The first-order chi connectivity index (χ1) is 9.98. The van der Waals surface area contributed by atoms with E-state index >= 15 is 0 Å². The molecule has 0 unspecified atom stereocenters. The van der Waals surface area contributed by atoms with Crippen LogP contribution < -0.4 is 10.2 Å². The van der Waals surface area contributed by atoms with Crippen LogP contribution in [0.1, 0.15) is 32.6 Å². The highest BCUT2D eigenvalue weighted by molar-refractivity contribution is 9.10. The lowest BCUT2D eigenvalue weighted by Gasteiger charge is -2.49. The van der Waals surface area contributed by atoms with Crippen LogP contribution in [0.15, 0.2) is 10.7 Å². The van der Waals surface area contributed by atoms with Crippen molar-refractivity contribution in [2.75, 3.05) is 44.4 Å². The Bertz CT molecular complexity index is 473. The van der Waals surface area contributed by atoms with Gasteiger partial charge in [0.25, 0.3) is 0 Å². The topological polar surface area (TPSA) is 44.3 Å². The van der Waals surface area contributed by atoms with Gasteiger partial charge in [-0.15, -0.1) is 0 Å². The number of aromatic nitrogens is 2. The standard InChI is InChI=1S/C15H26BrN5/c1-5-9-17-14-18-10-12(16)13(19-14)21(4)11-15(20(2)3)7-6-8-15/h10H,5-9,11H2,1-4H3,(H,17,18,19). The molecule has 0 radical (unpaired) electrons. The Balaban J connectivity index is 2.12. The summed E-state index contributed by atoms with van der Waals surface area (Å²) in [6.07, 6.45) is 6.73. The second-order valence-electron chi connectivity index (χ2n) is 6.12. The van der Waals surface area contributed by atoms with Crippen molar-refractivity contribution in [3.8, 4) is 0 Å². The second kappa shape index (κ2) is 6.92. The number of anilines is 2. The number of nitrogens with zero attached hydrogens (tertiary/aromatic N) is 4. The van der Waals surface area contributed by atoms with Crippen molar-refractivity contribution in [3.63, 3.8) is 0 Å². The predicted molar refractivity (Wildman–Crippen MR) is 92.1 cm³/mol. The summed E-state index contributed by atoms with van der Waals surface area (Å²) in [6, 6.07) is 0. The largest absolute Gasteiger partial charge is 0.357 e. The maximum atomic E-state index is 4.65. The Hall–Kier alpha value is -0.880. The smallest absolute Gasteiger partial charge is 0.224 e. The van der Waals surface area contributed by atoms with E-state index in [0.717, 1.165) is 29.8 Å². The van der Waals surface area contributed by atoms with Crippen molar-refractivity contribution in [2.45, 2.75) is 38.1 Å². The fourth-order valence-corrected chi connectivity index (χ4v) is 3.29. The summed E-state index contributed by atoms with van der Waals surface area (Å²) in [5, 5.41) is 3.25. The molecule has 0 amide bonds. The molecule has 0 bridgehead atoms. The van der Waals surface area contributed by atoms with Gasteiger partial charge >= 0.3 is 0 Å². The van der Waals surface area contributed by atoms with Gasteiger partial charge < -0.3 is 15.1 Å². The fraction of sp³-hybridized carbons (Fsp3) is 0.733. The van der Waals surface area contributed by atoms with E-state index in [0.29, 0.717) is 5.95 Å². The van der Waals surface area contributed by atoms with Crippen LogP contribution in [0.2, 0.25) is 0 Å². The summed E-state index contributed by atoms with van der Waals surface area (Å²) in [7, 11) is 6.47. The van der Waals surface area contributed by atoms with Crippen molar-refractivity contribution in [2.24, 2.45) is 0 Å². The second-order valence-corrected chi connectivity index (χ2v) is 6.97. The maximum absolute atomic E-state index is 4.65. The zero-order valence-electron chi connectivity index (χ0n) is 13.5. The minimum atomic E-state index is 0.288. The summed E-state index contributed by atoms with van der Waals surface area (Å²) in [4.78, 5) is 13.6. The van der Waals surface area contributed by atoms with Gasteiger partial charge in [0.05, 0.1) is 4.47 Å². The predicted octanol–water partition coefficient (Wildman–Crippen LogP) is 2.98. The fourth-order valence-electron chi connectivity index (χ4n) is 2.80. The molecule has 6 heteroatoms. The van der Waals surface area contributed by atoms with Gasteiger partial charge in [-0.1, -0.05) is 6.92 Å². The van der Waals surface area contributed by atoms with Crippen LogP contribution in [0.3, 0.4) is 0 Å². The minimum absolute atomic E-state index is 0.288. The van der Waals surface area contributed by atoms with E-state index < -0.39 is 0 Å². The van der Waals surface area contributed by atoms with E-state index in [4.69, 9.17) is 0 Å². The van der Waals surface area contributed by atoms with Crippen molar-refractivity contribution in [1.82, 2.24) is 14.9 Å². The molecular formula is C15H26BrN5. The number of hydrogen-bond acceptors (Lipinski definition) is 5. The third kappa shape index (κ3) is 3.66. The van der Waals surface area contributed by atoms with Gasteiger partial charge in [0, 0.05) is 31.9 Å². The highest BCUT2D eigenvalue weighted by Crippen LogP contribution is 2.38. The molecule has 1 aromatic rings. The number of rotatable bonds is 7. The Morgan fingerprint density at radius 1 is 1.33 bits per heavy atom. The van der Waals surface area contributed by atoms with Crippen LogP contribution in [0.25, 0.3) is 0 Å². The zero-order chi connectivity index (χ0) is 15.5.